The number of rotatable bonds is 7. The van der Waals surface area contributed by atoms with Crippen LogP contribution in [0.5, 0.6) is 0 Å². The van der Waals surface area contributed by atoms with Crippen LogP contribution in [0.15, 0.2) is 35.3 Å². The first-order valence-electron chi connectivity index (χ1n) is 9.20. The number of aliphatic imine (C=N–C) groups is 1. The summed E-state index contributed by atoms with van der Waals surface area (Å²) in [5, 5.41) is 14.3. The Labute approximate surface area is 162 Å². The third-order valence-electron chi connectivity index (χ3n) is 4.70. The van der Waals surface area contributed by atoms with Gasteiger partial charge in [0.25, 0.3) is 0 Å². The molecule has 1 N–H and O–H groups in total. The van der Waals surface area contributed by atoms with Crippen LogP contribution >= 0.6 is 0 Å². The Morgan fingerprint density at radius 1 is 1.29 bits per heavy atom. The van der Waals surface area contributed by atoms with Crippen molar-refractivity contribution in [1.29, 1.82) is 0 Å². The summed E-state index contributed by atoms with van der Waals surface area (Å²) in [4.78, 5) is 23.4. The summed E-state index contributed by atoms with van der Waals surface area (Å²) in [6, 6.07) is 7.68. The van der Waals surface area contributed by atoms with Gasteiger partial charge >= 0.3 is 5.69 Å². The van der Waals surface area contributed by atoms with E-state index in [0.717, 1.165) is 5.84 Å². The van der Waals surface area contributed by atoms with Crippen molar-refractivity contribution in [3.63, 3.8) is 0 Å². The van der Waals surface area contributed by atoms with Crippen LogP contribution < -0.4 is 15.1 Å². The fourth-order valence-electron chi connectivity index (χ4n) is 3.21. The fraction of sp³-hybridized carbons (Fsp3) is 0.368. The van der Waals surface area contributed by atoms with Crippen LogP contribution in [-0.4, -0.2) is 41.9 Å². The normalized spacial score (nSPS) is 13.4. The largest absolute Gasteiger partial charge is 0.370 e. The lowest BCUT2D eigenvalue weighted by Gasteiger charge is -2.22. The molecule has 1 aromatic carbocycles. The van der Waals surface area contributed by atoms with Crippen LogP contribution in [0.3, 0.4) is 0 Å². The molecule has 9 heteroatoms. The van der Waals surface area contributed by atoms with Crippen molar-refractivity contribution < 1.29 is 9.31 Å². The SMILES string of the molecule is CCN(CC)c1ccc(Nc2nc(N3CCN=C3C)ccc2[N+](=O)[O-])cc1F. The second-order valence-corrected chi connectivity index (χ2v) is 6.34. The summed E-state index contributed by atoms with van der Waals surface area (Å²) in [6.07, 6.45) is 0. The van der Waals surface area contributed by atoms with Crippen molar-refractivity contribution in [1.82, 2.24) is 4.98 Å². The molecular formula is C19H23FN6O2. The van der Waals surface area contributed by atoms with E-state index in [1.54, 1.807) is 18.2 Å². The third kappa shape index (κ3) is 3.88. The van der Waals surface area contributed by atoms with Crippen molar-refractivity contribution in [3.8, 4) is 0 Å². The van der Waals surface area contributed by atoms with Gasteiger partial charge in [0, 0.05) is 31.4 Å². The Kier molecular flexibility index (Phi) is 5.72. The van der Waals surface area contributed by atoms with Gasteiger partial charge in [-0.1, -0.05) is 0 Å². The summed E-state index contributed by atoms with van der Waals surface area (Å²) in [6.45, 7) is 8.48. The number of pyridine rings is 1. The highest BCUT2D eigenvalue weighted by Gasteiger charge is 2.22. The Morgan fingerprint density at radius 3 is 2.61 bits per heavy atom. The van der Waals surface area contributed by atoms with Crippen LogP contribution in [0.25, 0.3) is 0 Å². The molecular weight excluding hydrogens is 363 g/mol. The highest BCUT2D eigenvalue weighted by Crippen LogP contribution is 2.31. The first-order chi connectivity index (χ1) is 13.4. The number of halogens is 1. The van der Waals surface area contributed by atoms with E-state index in [4.69, 9.17) is 0 Å². The van der Waals surface area contributed by atoms with E-state index in [1.165, 1.54) is 12.1 Å². The first-order valence-corrected chi connectivity index (χ1v) is 9.20. The van der Waals surface area contributed by atoms with Crippen molar-refractivity contribution in [2.75, 3.05) is 41.3 Å². The number of nitrogens with one attached hydrogen (secondary N) is 1. The van der Waals surface area contributed by atoms with E-state index in [9.17, 15) is 14.5 Å². The molecule has 0 saturated heterocycles. The molecule has 1 aliphatic heterocycles. The average molecular weight is 386 g/mol. The lowest BCUT2D eigenvalue weighted by atomic mass is 10.2. The minimum Gasteiger partial charge on any atom is -0.370 e. The topological polar surface area (TPSA) is 86.9 Å². The summed E-state index contributed by atoms with van der Waals surface area (Å²) in [7, 11) is 0. The highest BCUT2D eigenvalue weighted by atomic mass is 19.1. The van der Waals surface area contributed by atoms with Crippen molar-refractivity contribution >= 4 is 34.5 Å². The van der Waals surface area contributed by atoms with Gasteiger partial charge in [0.05, 0.1) is 17.2 Å². The maximum atomic E-state index is 14.6. The Balaban J connectivity index is 1.93. The third-order valence-corrected chi connectivity index (χ3v) is 4.70. The fourth-order valence-corrected chi connectivity index (χ4v) is 3.21. The van der Waals surface area contributed by atoms with Gasteiger partial charge in [0.1, 0.15) is 17.5 Å². The molecule has 0 bridgehead atoms. The van der Waals surface area contributed by atoms with Gasteiger partial charge in [0.15, 0.2) is 0 Å². The number of nitrogens with zero attached hydrogens (tertiary/aromatic N) is 5. The predicted molar refractivity (Wildman–Crippen MR) is 109 cm³/mol. The number of hydrogen-bond acceptors (Lipinski definition) is 7. The quantitative estimate of drug-likeness (QED) is 0.573. The molecule has 0 atom stereocenters. The molecule has 3 rings (SSSR count). The van der Waals surface area contributed by atoms with Gasteiger partial charge in [-0.15, -0.1) is 0 Å². The summed E-state index contributed by atoms with van der Waals surface area (Å²) < 4.78 is 14.6. The zero-order chi connectivity index (χ0) is 20.3. The summed E-state index contributed by atoms with van der Waals surface area (Å²) >= 11 is 0. The maximum Gasteiger partial charge on any atom is 0.311 e. The average Bonchev–Trinajstić information content (AvgIpc) is 3.10. The van der Waals surface area contributed by atoms with Gasteiger partial charge in [0.2, 0.25) is 5.82 Å². The number of aromatic nitrogens is 1. The Morgan fingerprint density at radius 2 is 2.04 bits per heavy atom. The smallest absolute Gasteiger partial charge is 0.311 e. The number of anilines is 4. The van der Waals surface area contributed by atoms with Crippen LogP contribution in [0.2, 0.25) is 0 Å². The molecule has 0 aliphatic carbocycles. The molecule has 0 fully saturated rings. The molecule has 2 aromatic rings. The summed E-state index contributed by atoms with van der Waals surface area (Å²) in [5.41, 5.74) is 0.717. The van der Waals surface area contributed by atoms with Crippen LogP contribution in [0, 0.1) is 15.9 Å². The lowest BCUT2D eigenvalue weighted by molar-refractivity contribution is -0.384. The Bertz CT molecular complexity index is 913. The van der Waals surface area contributed by atoms with Gasteiger partial charge in [-0.05, 0) is 45.0 Å². The molecule has 8 nitrogen and oxygen atoms in total. The van der Waals surface area contributed by atoms with E-state index in [2.05, 4.69) is 15.3 Å². The van der Waals surface area contributed by atoms with Crippen LogP contribution in [0.1, 0.15) is 20.8 Å². The zero-order valence-electron chi connectivity index (χ0n) is 16.1. The Hall–Kier alpha value is -3.23. The van der Waals surface area contributed by atoms with Gasteiger partial charge in [-0.2, -0.15) is 0 Å². The number of hydrogen-bond donors (Lipinski definition) is 1. The van der Waals surface area contributed by atoms with E-state index in [1.807, 2.05) is 30.6 Å². The van der Waals surface area contributed by atoms with E-state index in [-0.39, 0.29) is 11.5 Å². The van der Waals surface area contributed by atoms with Gasteiger partial charge in [-0.25, -0.2) is 9.37 Å². The molecule has 0 radical (unpaired) electrons. The molecule has 2 heterocycles. The molecule has 148 valence electrons. The van der Waals surface area contributed by atoms with Gasteiger partial charge in [-0.3, -0.25) is 15.1 Å². The minimum atomic E-state index is -0.509. The standard InChI is InChI=1S/C19H23FN6O2/c1-4-24(5-2)16-7-6-14(12-15(16)20)22-19-17(26(27)28)8-9-18(23-19)25-11-10-21-13(25)3/h6-9,12H,4-5,10-11H2,1-3H3,(H,22,23). The second kappa shape index (κ2) is 8.20. The second-order valence-electron chi connectivity index (χ2n) is 6.34. The minimum absolute atomic E-state index is 0.0668. The first kappa shape index (κ1) is 19.5. The van der Waals surface area contributed by atoms with E-state index >= 15 is 0 Å². The molecule has 0 unspecified atom stereocenters. The highest BCUT2D eigenvalue weighted by molar-refractivity contribution is 5.97. The lowest BCUT2D eigenvalue weighted by Crippen LogP contribution is -2.26. The number of amidine groups is 1. The molecule has 1 aliphatic rings. The zero-order valence-corrected chi connectivity index (χ0v) is 16.1. The molecule has 0 saturated carbocycles. The predicted octanol–water partition coefficient (Wildman–Crippen LogP) is 3.96. The number of nitro groups is 1. The molecule has 0 spiro atoms. The maximum absolute atomic E-state index is 14.6. The van der Waals surface area contributed by atoms with E-state index < -0.39 is 10.7 Å². The molecule has 1 aromatic heterocycles. The molecule has 0 amide bonds. The van der Waals surface area contributed by atoms with Crippen molar-refractivity contribution in [2.24, 2.45) is 4.99 Å². The van der Waals surface area contributed by atoms with Crippen LogP contribution in [-0.2, 0) is 0 Å². The van der Waals surface area contributed by atoms with Crippen molar-refractivity contribution in [3.05, 3.63) is 46.3 Å². The molecule has 28 heavy (non-hydrogen) atoms. The monoisotopic (exact) mass is 386 g/mol. The van der Waals surface area contributed by atoms with Crippen molar-refractivity contribution in [2.45, 2.75) is 20.8 Å². The summed E-state index contributed by atoms with van der Waals surface area (Å²) in [5.74, 6) is 1.04. The van der Waals surface area contributed by atoms with Gasteiger partial charge < -0.3 is 15.1 Å². The number of benzene rings is 1. The van der Waals surface area contributed by atoms with E-state index in [0.29, 0.717) is 43.4 Å². The van der Waals surface area contributed by atoms with Crippen LogP contribution in [0.4, 0.5) is 33.1 Å².